The molecule has 0 spiro atoms. The summed E-state index contributed by atoms with van der Waals surface area (Å²) < 4.78 is 16.2. The fourth-order valence-electron chi connectivity index (χ4n) is 1.85. The van der Waals surface area contributed by atoms with E-state index in [1.54, 1.807) is 12.1 Å². The van der Waals surface area contributed by atoms with E-state index in [2.05, 4.69) is 26.0 Å². The lowest BCUT2D eigenvalue weighted by Gasteiger charge is -2.07. The van der Waals surface area contributed by atoms with Crippen LogP contribution in [-0.4, -0.2) is 14.8 Å². The van der Waals surface area contributed by atoms with Crippen molar-refractivity contribution in [1.29, 1.82) is 0 Å². The summed E-state index contributed by atoms with van der Waals surface area (Å²) in [5.41, 5.74) is 1.27. The Bertz CT molecular complexity index is 710. The van der Waals surface area contributed by atoms with Gasteiger partial charge in [-0.1, -0.05) is 46.3 Å². The first-order chi connectivity index (χ1) is 9.25. The first-order valence-electron chi connectivity index (χ1n) is 5.66. The molecule has 2 aromatic carbocycles. The van der Waals surface area contributed by atoms with Crippen LogP contribution in [0.25, 0.3) is 17.1 Å². The van der Waals surface area contributed by atoms with Crippen LogP contribution in [0, 0.1) is 5.82 Å². The van der Waals surface area contributed by atoms with Crippen LogP contribution in [-0.2, 0) is 0 Å². The number of hydrogen-bond acceptors (Lipinski definition) is 2. The highest BCUT2D eigenvalue weighted by molar-refractivity contribution is 9.10. The summed E-state index contributed by atoms with van der Waals surface area (Å²) in [6, 6.07) is 14.4. The zero-order valence-electron chi connectivity index (χ0n) is 9.79. The van der Waals surface area contributed by atoms with E-state index in [1.807, 2.05) is 30.3 Å². The Kier molecular flexibility index (Phi) is 3.13. The van der Waals surface area contributed by atoms with Crippen LogP contribution in [0.2, 0.25) is 0 Å². The molecule has 3 rings (SSSR count). The Morgan fingerprint density at radius 2 is 1.84 bits per heavy atom. The number of benzene rings is 2. The van der Waals surface area contributed by atoms with Gasteiger partial charge in [-0.15, -0.1) is 0 Å². The third-order valence-corrected chi connectivity index (χ3v) is 3.21. The fourth-order valence-corrected chi connectivity index (χ4v) is 2.19. The highest BCUT2D eigenvalue weighted by Gasteiger charge is 2.12. The summed E-state index contributed by atoms with van der Waals surface area (Å²) in [6.45, 7) is 0. The minimum absolute atomic E-state index is 0.350. The molecular weight excluding hydrogens is 309 g/mol. The van der Waals surface area contributed by atoms with Crippen LogP contribution in [0.3, 0.4) is 0 Å². The third-order valence-electron chi connectivity index (χ3n) is 2.72. The summed E-state index contributed by atoms with van der Waals surface area (Å²) >= 11 is 3.24. The number of hydrogen-bond donors (Lipinski definition) is 0. The molecule has 0 unspecified atom stereocenters. The van der Waals surface area contributed by atoms with E-state index in [4.69, 9.17) is 0 Å². The molecule has 0 aliphatic heterocycles. The van der Waals surface area contributed by atoms with Crippen molar-refractivity contribution >= 4 is 15.9 Å². The van der Waals surface area contributed by atoms with E-state index >= 15 is 0 Å². The maximum Gasteiger partial charge on any atom is 0.163 e. The van der Waals surface area contributed by atoms with E-state index in [0.717, 1.165) is 5.56 Å². The summed E-state index contributed by atoms with van der Waals surface area (Å²) in [6.07, 6.45) is 1.42. The van der Waals surface area contributed by atoms with Gasteiger partial charge >= 0.3 is 0 Å². The molecule has 94 valence electrons. The molecule has 1 heterocycles. The maximum atomic E-state index is 14.0. The second-order valence-corrected chi connectivity index (χ2v) is 4.87. The van der Waals surface area contributed by atoms with Gasteiger partial charge in [0.2, 0.25) is 0 Å². The highest BCUT2D eigenvalue weighted by atomic mass is 79.9. The van der Waals surface area contributed by atoms with Crippen molar-refractivity contribution in [3.05, 3.63) is 65.1 Å². The Morgan fingerprint density at radius 3 is 2.58 bits per heavy atom. The average Bonchev–Trinajstić information content (AvgIpc) is 2.89. The lowest BCUT2D eigenvalue weighted by Crippen LogP contribution is -2.02. The van der Waals surface area contributed by atoms with E-state index < -0.39 is 0 Å². The molecule has 0 aliphatic carbocycles. The van der Waals surface area contributed by atoms with Crippen LogP contribution in [0.15, 0.2) is 59.3 Å². The van der Waals surface area contributed by atoms with Crippen molar-refractivity contribution in [2.24, 2.45) is 0 Å². The summed E-state index contributed by atoms with van der Waals surface area (Å²) in [5, 5.41) is 4.10. The van der Waals surface area contributed by atoms with Crippen LogP contribution < -0.4 is 0 Å². The van der Waals surface area contributed by atoms with Crippen molar-refractivity contribution < 1.29 is 4.39 Å². The number of nitrogens with zero attached hydrogens (tertiary/aromatic N) is 3. The SMILES string of the molecule is Fc1cc(Br)ccc1-n1ncnc1-c1ccccc1. The van der Waals surface area contributed by atoms with Crippen molar-refractivity contribution in [3.8, 4) is 17.1 Å². The molecule has 0 bridgehead atoms. The topological polar surface area (TPSA) is 30.7 Å². The van der Waals surface area contributed by atoms with Gasteiger partial charge in [0.05, 0.1) is 0 Å². The summed E-state index contributed by atoms with van der Waals surface area (Å²) in [7, 11) is 0. The number of halogens is 2. The van der Waals surface area contributed by atoms with Gasteiger partial charge in [0.1, 0.15) is 17.8 Å². The predicted molar refractivity (Wildman–Crippen MR) is 74.5 cm³/mol. The van der Waals surface area contributed by atoms with Gasteiger partial charge in [-0.2, -0.15) is 5.10 Å². The third kappa shape index (κ3) is 2.29. The Labute approximate surface area is 117 Å². The molecule has 0 saturated heterocycles. The van der Waals surface area contributed by atoms with Crippen molar-refractivity contribution in [2.75, 3.05) is 0 Å². The van der Waals surface area contributed by atoms with Gasteiger partial charge in [-0.3, -0.25) is 0 Å². The molecule has 0 radical (unpaired) electrons. The predicted octanol–water partition coefficient (Wildman–Crippen LogP) is 3.84. The molecular formula is C14H9BrFN3. The molecule has 3 aromatic rings. The largest absolute Gasteiger partial charge is 0.215 e. The molecule has 0 fully saturated rings. The fraction of sp³-hybridized carbons (Fsp3) is 0. The van der Waals surface area contributed by atoms with Crippen LogP contribution in [0.1, 0.15) is 0 Å². The van der Waals surface area contributed by atoms with Gasteiger partial charge in [0, 0.05) is 10.0 Å². The van der Waals surface area contributed by atoms with Gasteiger partial charge in [0.25, 0.3) is 0 Å². The van der Waals surface area contributed by atoms with Crippen molar-refractivity contribution in [1.82, 2.24) is 14.8 Å². The molecule has 0 amide bonds. The first-order valence-corrected chi connectivity index (χ1v) is 6.46. The normalized spacial score (nSPS) is 10.6. The summed E-state index contributed by atoms with van der Waals surface area (Å²) in [5.74, 6) is 0.263. The Morgan fingerprint density at radius 1 is 1.05 bits per heavy atom. The number of rotatable bonds is 2. The Hall–Kier alpha value is -2.01. The van der Waals surface area contributed by atoms with Crippen LogP contribution in [0.4, 0.5) is 4.39 Å². The quantitative estimate of drug-likeness (QED) is 0.719. The molecule has 1 aromatic heterocycles. The smallest absolute Gasteiger partial charge is 0.163 e. The Balaban J connectivity index is 2.15. The van der Waals surface area contributed by atoms with E-state index in [9.17, 15) is 4.39 Å². The molecule has 0 N–H and O–H groups in total. The molecule has 3 nitrogen and oxygen atoms in total. The van der Waals surface area contributed by atoms with Gasteiger partial charge < -0.3 is 0 Å². The molecule has 19 heavy (non-hydrogen) atoms. The zero-order valence-corrected chi connectivity index (χ0v) is 11.4. The van der Waals surface area contributed by atoms with Crippen LogP contribution >= 0.6 is 15.9 Å². The minimum Gasteiger partial charge on any atom is -0.215 e. The van der Waals surface area contributed by atoms with Crippen molar-refractivity contribution in [3.63, 3.8) is 0 Å². The second kappa shape index (κ2) is 4.93. The standard InChI is InChI=1S/C14H9BrFN3/c15-11-6-7-13(12(16)8-11)19-14(17-9-18-19)10-4-2-1-3-5-10/h1-9H. The average molecular weight is 318 g/mol. The molecule has 5 heteroatoms. The van der Waals surface area contributed by atoms with Gasteiger partial charge in [0.15, 0.2) is 5.82 Å². The van der Waals surface area contributed by atoms with Gasteiger partial charge in [-0.25, -0.2) is 14.1 Å². The van der Waals surface area contributed by atoms with Gasteiger partial charge in [-0.05, 0) is 18.2 Å². The van der Waals surface area contributed by atoms with Crippen LogP contribution in [0.5, 0.6) is 0 Å². The first kappa shape index (κ1) is 12.0. The van der Waals surface area contributed by atoms with E-state index in [0.29, 0.717) is 16.0 Å². The monoisotopic (exact) mass is 317 g/mol. The second-order valence-electron chi connectivity index (χ2n) is 3.96. The van der Waals surface area contributed by atoms with Crippen molar-refractivity contribution in [2.45, 2.75) is 0 Å². The lowest BCUT2D eigenvalue weighted by atomic mass is 10.2. The maximum absolute atomic E-state index is 14.0. The summed E-state index contributed by atoms with van der Waals surface area (Å²) in [4.78, 5) is 4.20. The van der Waals surface area contributed by atoms with E-state index in [1.165, 1.54) is 17.1 Å². The molecule has 0 aliphatic rings. The minimum atomic E-state index is -0.350. The molecule has 0 saturated carbocycles. The van der Waals surface area contributed by atoms with E-state index in [-0.39, 0.29) is 5.82 Å². The number of aromatic nitrogens is 3. The lowest BCUT2D eigenvalue weighted by molar-refractivity contribution is 0.610. The zero-order chi connectivity index (χ0) is 13.2. The molecule has 0 atom stereocenters. The highest BCUT2D eigenvalue weighted by Crippen LogP contribution is 2.23.